The van der Waals surface area contributed by atoms with Crippen molar-refractivity contribution in [2.24, 2.45) is 7.05 Å². The highest BCUT2D eigenvalue weighted by atomic mass is 35.5. The molecular weight excluding hydrogens is 452 g/mol. The zero-order chi connectivity index (χ0) is 23.6. The highest BCUT2D eigenvalue weighted by Gasteiger charge is 2.21. The lowest BCUT2D eigenvalue weighted by Crippen LogP contribution is -2.28. The number of nitrogens with one attached hydrogen (secondary N) is 1. The molecule has 3 rings (SSSR count). The van der Waals surface area contributed by atoms with E-state index in [9.17, 15) is 18.0 Å². The van der Waals surface area contributed by atoms with E-state index in [1.165, 1.54) is 12.1 Å². The first-order valence-corrected chi connectivity index (χ1v) is 12.1. The molecule has 1 aromatic heterocycles. The molecule has 3 aromatic rings. The fraction of sp³-hybridized carbons (Fsp3) is 0.304. The van der Waals surface area contributed by atoms with Crippen molar-refractivity contribution >= 4 is 44.2 Å². The van der Waals surface area contributed by atoms with Crippen LogP contribution >= 0.6 is 11.6 Å². The number of fused-ring (bicyclic) bond motifs is 1. The Morgan fingerprint density at radius 2 is 1.81 bits per heavy atom. The molecule has 1 amide bonds. The number of sulfone groups is 1. The largest absolute Gasteiger partial charge is 0.465 e. The van der Waals surface area contributed by atoms with Gasteiger partial charge in [0.05, 0.1) is 28.1 Å². The molecule has 0 unspecified atom stereocenters. The second-order valence-electron chi connectivity index (χ2n) is 7.60. The normalized spacial score (nSPS) is 12.5. The van der Waals surface area contributed by atoms with Crippen LogP contribution in [0.25, 0.3) is 10.9 Å². The molecule has 1 atom stereocenters. The lowest BCUT2D eigenvalue weighted by atomic mass is 10.1. The summed E-state index contributed by atoms with van der Waals surface area (Å²) in [5, 5.41) is 4.31. The summed E-state index contributed by atoms with van der Waals surface area (Å²) in [6, 6.07) is 11.3. The quantitative estimate of drug-likeness (QED) is 0.521. The van der Waals surface area contributed by atoms with Crippen LogP contribution in [-0.4, -0.2) is 37.2 Å². The van der Waals surface area contributed by atoms with Crippen LogP contribution in [-0.2, 0) is 26.4 Å². The van der Waals surface area contributed by atoms with Crippen LogP contribution in [0.15, 0.2) is 47.4 Å². The topological polar surface area (TPSA) is 94.5 Å². The van der Waals surface area contributed by atoms with E-state index in [1.807, 2.05) is 19.1 Å². The van der Waals surface area contributed by atoms with Crippen molar-refractivity contribution in [3.8, 4) is 0 Å². The number of amides is 1. The van der Waals surface area contributed by atoms with E-state index in [0.717, 1.165) is 22.0 Å². The van der Waals surface area contributed by atoms with E-state index in [0.29, 0.717) is 10.7 Å². The number of carbonyl (C=O) groups excluding carboxylic acids is 2. The minimum atomic E-state index is -3.80. The minimum Gasteiger partial charge on any atom is -0.465 e. The SMILES string of the molecule is CCOC(=O)CS(=O)(=O)c1ccc([C@@H](C)NC(=O)c2cc3c(Cl)cc(C)cc3n2C)cc1. The number of hydrogen-bond acceptors (Lipinski definition) is 5. The van der Waals surface area contributed by atoms with Crippen molar-refractivity contribution in [1.82, 2.24) is 9.88 Å². The summed E-state index contributed by atoms with van der Waals surface area (Å²) < 4.78 is 31.2. The Morgan fingerprint density at radius 3 is 2.44 bits per heavy atom. The Bertz CT molecular complexity index is 1280. The van der Waals surface area contributed by atoms with Gasteiger partial charge in [0, 0.05) is 12.4 Å². The van der Waals surface area contributed by atoms with Crippen LogP contribution in [0.2, 0.25) is 5.02 Å². The number of hydrogen-bond donors (Lipinski definition) is 1. The maximum atomic E-state index is 12.9. The minimum absolute atomic E-state index is 0.0199. The highest BCUT2D eigenvalue weighted by molar-refractivity contribution is 7.92. The first-order chi connectivity index (χ1) is 15.0. The van der Waals surface area contributed by atoms with E-state index in [-0.39, 0.29) is 23.5 Å². The molecule has 0 aliphatic carbocycles. The molecule has 1 heterocycles. The van der Waals surface area contributed by atoms with Crippen LogP contribution in [0.5, 0.6) is 0 Å². The molecule has 0 saturated carbocycles. The number of aryl methyl sites for hydroxylation is 2. The van der Waals surface area contributed by atoms with Crippen LogP contribution in [0.1, 0.15) is 41.5 Å². The van der Waals surface area contributed by atoms with Gasteiger partial charge in [0.2, 0.25) is 0 Å². The van der Waals surface area contributed by atoms with Gasteiger partial charge < -0.3 is 14.6 Å². The fourth-order valence-corrected chi connectivity index (χ4v) is 4.93. The van der Waals surface area contributed by atoms with Gasteiger partial charge in [-0.15, -0.1) is 0 Å². The second-order valence-corrected chi connectivity index (χ2v) is 9.99. The predicted molar refractivity (Wildman–Crippen MR) is 124 cm³/mol. The van der Waals surface area contributed by atoms with Crippen molar-refractivity contribution in [1.29, 1.82) is 0 Å². The monoisotopic (exact) mass is 476 g/mol. The van der Waals surface area contributed by atoms with Gasteiger partial charge in [-0.05, 0) is 62.2 Å². The number of rotatable bonds is 7. The van der Waals surface area contributed by atoms with Gasteiger partial charge in [0.1, 0.15) is 5.69 Å². The third-order valence-electron chi connectivity index (χ3n) is 5.19. The predicted octanol–water partition coefficient (Wildman–Crippen LogP) is 3.97. The van der Waals surface area contributed by atoms with Gasteiger partial charge in [-0.3, -0.25) is 9.59 Å². The highest BCUT2D eigenvalue weighted by Crippen LogP contribution is 2.28. The summed E-state index contributed by atoms with van der Waals surface area (Å²) in [6.45, 7) is 5.48. The van der Waals surface area contributed by atoms with Crippen LogP contribution in [0.4, 0.5) is 0 Å². The molecule has 2 aromatic carbocycles. The van der Waals surface area contributed by atoms with Crippen molar-refractivity contribution in [3.05, 3.63) is 64.3 Å². The molecule has 0 bridgehead atoms. The number of benzene rings is 2. The van der Waals surface area contributed by atoms with Crippen LogP contribution in [0.3, 0.4) is 0 Å². The average molecular weight is 477 g/mol. The summed E-state index contributed by atoms with van der Waals surface area (Å²) in [6.07, 6.45) is 0. The molecule has 32 heavy (non-hydrogen) atoms. The lowest BCUT2D eigenvalue weighted by molar-refractivity contribution is -0.139. The molecule has 1 N–H and O–H groups in total. The molecule has 0 saturated heterocycles. The summed E-state index contributed by atoms with van der Waals surface area (Å²) in [5.74, 6) is -1.78. The van der Waals surface area contributed by atoms with Gasteiger partial charge in [-0.1, -0.05) is 23.7 Å². The maximum absolute atomic E-state index is 12.9. The molecule has 7 nitrogen and oxygen atoms in total. The van der Waals surface area contributed by atoms with Crippen molar-refractivity contribution in [2.75, 3.05) is 12.4 Å². The number of esters is 1. The van der Waals surface area contributed by atoms with Crippen LogP contribution in [0, 0.1) is 6.92 Å². The molecule has 0 fully saturated rings. The van der Waals surface area contributed by atoms with Gasteiger partial charge in [-0.25, -0.2) is 8.42 Å². The summed E-state index contributed by atoms with van der Waals surface area (Å²) in [5.41, 5.74) is 3.06. The molecule has 0 spiro atoms. The van der Waals surface area contributed by atoms with Crippen LogP contribution < -0.4 is 5.32 Å². The lowest BCUT2D eigenvalue weighted by Gasteiger charge is -2.15. The van der Waals surface area contributed by atoms with E-state index >= 15 is 0 Å². The smallest absolute Gasteiger partial charge is 0.321 e. The summed E-state index contributed by atoms with van der Waals surface area (Å²) in [7, 11) is -1.99. The second kappa shape index (κ2) is 9.34. The molecule has 9 heteroatoms. The molecular formula is C23H25ClN2O5S. The van der Waals surface area contributed by atoms with E-state index in [4.69, 9.17) is 16.3 Å². The van der Waals surface area contributed by atoms with E-state index < -0.39 is 21.6 Å². The summed E-state index contributed by atoms with van der Waals surface area (Å²) >= 11 is 6.33. The van der Waals surface area contributed by atoms with Crippen molar-refractivity contribution in [2.45, 2.75) is 31.7 Å². The molecule has 0 aliphatic heterocycles. The van der Waals surface area contributed by atoms with E-state index in [1.54, 1.807) is 43.7 Å². The number of nitrogens with zero attached hydrogens (tertiary/aromatic N) is 1. The van der Waals surface area contributed by atoms with Gasteiger partial charge in [0.25, 0.3) is 5.91 Å². The zero-order valence-corrected chi connectivity index (χ0v) is 19.9. The van der Waals surface area contributed by atoms with Crippen molar-refractivity contribution < 1.29 is 22.7 Å². The summed E-state index contributed by atoms with van der Waals surface area (Å²) in [4.78, 5) is 24.5. The Hall–Kier alpha value is -2.84. The van der Waals surface area contributed by atoms with Gasteiger partial charge >= 0.3 is 5.97 Å². The fourth-order valence-electron chi connectivity index (χ4n) is 3.50. The Balaban J connectivity index is 1.76. The number of aromatic nitrogens is 1. The Kier molecular flexibility index (Phi) is 6.95. The number of ether oxygens (including phenoxy) is 1. The molecule has 170 valence electrons. The van der Waals surface area contributed by atoms with E-state index in [2.05, 4.69) is 5.32 Å². The first-order valence-electron chi connectivity index (χ1n) is 10.1. The maximum Gasteiger partial charge on any atom is 0.321 e. The Labute approximate surface area is 192 Å². The molecule has 0 aliphatic rings. The van der Waals surface area contributed by atoms with Gasteiger partial charge in [-0.2, -0.15) is 0 Å². The zero-order valence-electron chi connectivity index (χ0n) is 18.3. The average Bonchev–Trinajstić information content (AvgIpc) is 3.05. The number of halogens is 1. The standard InChI is InChI=1S/C23H25ClN2O5S/c1-5-31-22(27)13-32(29,30)17-8-6-16(7-9-17)15(3)25-23(28)21-12-18-19(24)10-14(2)11-20(18)26(21)4/h6-12,15H,5,13H2,1-4H3,(H,25,28)/t15-/m1/s1. The Morgan fingerprint density at radius 1 is 1.16 bits per heavy atom. The number of carbonyl (C=O) groups is 2. The third kappa shape index (κ3) is 4.97. The van der Waals surface area contributed by atoms with Gasteiger partial charge in [0.15, 0.2) is 15.6 Å². The third-order valence-corrected chi connectivity index (χ3v) is 7.11. The molecule has 0 radical (unpaired) electrons. The van der Waals surface area contributed by atoms with Crippen molar-refractivity contribution in [3.63, 3.8) is 0 Å². The first kappa shape index (κ1) is 23.8.